The third-order valence-electron chi connectivity index (χ3n) is 1.52. The van der Waals surface area contributed by atoms with E-state index >= 15 is 0 Å². The number of aromatic nitrogens is 2. The van der Waals surface area contributed by atoms with Gasteiger partial charge in [0.15, 0.2) is 0 Å². The Labute approximate surface area is 81.8 Å². The molecule has 5 heteroatoms. The second kappa shape index (κ2) is 4.96. The number of carbonyl (C=O) groups excluding carboxylic acids is 1. The van der Waals surface area contributed by atoms with Gasteiger partial charge in [-0.3, -0.25) is 9.78 Å². The van der Waals surface area contributed by atoms with Crippen LogP contribution in [0.1, 0.15) is 5.69 Å². The van der Waals surface area contributed by atoms with Crippen molar-refractivity contribution < 1.29 is 9.53 Å². The molecule has 1 aromatic rings. The Kier molecular flexibility index (Phi) is 3.60. The number of rotatable bonds is 4. The molecule has 0 aromatic carbocycles. The quantitative estimate of drug-likeness (QED) is 0.698. The van der Waals surface area contributed by atoms with E-state index < -0.39 is 0 Å². The van der Waals surface area contributed by atoms with E-state index in [4.69, 9.17) is 4.74 Å². The second-order valence-electron chi connectivity index (χ2n) is 2.47. The lowest BCUT2D eigenvalue weighted by Gasteiger charge is -2.02. The maximum Gasteiger partial charge on any atom is 0.243 e. The molecule has 1 amide bonds. The van der Waals surface area contributed by atoms with Crippen LogP contribution in [0.5, 0.6) is 5.88 Å². The summed E-state index contributed by atoms with van der Waals surface area (Å²) in [5.41, 5.74) is 0.668. The molecule has 0 aliphatic rings. The average Bonchev–Trinajstić information content (AvgIpc) is 2.26. The van der Waals surface area contributed by atoms with E-state index in [1.807, 2.05) is 0 Å². The molecule has 1 N–H and O–H groups in total. The third-order valence-corrected chi connectivity index (χ3v) is 1.52. The van der Waals surface area contributed by atoms with E-state index in [9.17, 15) is 4.79 Å². The van der Waals surface area contributed by atoms with Crippen molar-refractivity contribution in [2.24, 2.45) is 0 Å². The molecule has 1 rings (SSSR count). The fourth-order valence-corrected chi connectivity index (χ4v) is 0.789. The number of amides is 1. The van der Waals surface area contributed by atoms with Gasteiger partial charge < -0.3 is 10.1 Å². The minimum Gasteiger partial charge on any atom is -0.480 e. The Morgan fingerprint density at radius 2 is 2.43 bits per heavy atom. The van der Waals surface area contributed by atoms with Crippen molar-refractivity contribution in [3.63, 3.8) is 0 Å². The van der Waals surface area contributed by atoms with E-state index in [2.05, 4.69) is 21.9 Å². The predicted octanol–water partition coefficient (Wildman–Crippen LogP) is 0.287. The Balaban J connectivity index is 2.51. The second-order valence-corrected chi connectivity index (χ2v) is 2.47. The number of methoxy groups -OCH3 is 1. The van der Waals surface area contributed by atoms with Gasteiger partial charge in [-0.2, -0.15) is 0 Å². The molecule has 14 heavy (non-hydrogen) atoms. The van der Waals surface area contributed by atoms with Gasteiger partial charge in [0.2, 0.25) is 11.8 Å². The van der Waals surface area contributed by atoms with Gasteiger partial charge in [-0.15, -0.1) is 0 Å². The van der Waals surface area contributed by atoms with Gasteiger partial charge in [0, 0.05) is 0 Å². The van der Waals surface area contributed by atoms with Gasteiger partial charge in [0.05, 0.1) is 31.7 Å². The summed E-state index contributed by atoms with van der Waals surface area (Å²) >= 11 is 0. The largest absolute Gasteiger partial charge is 0.480 e. The molecule has 1 aromatic heterocycles. The van der Waals surface area contributed by atoms with Gasteiger partial charge in [-0.1, -0.05) is 6.58 Å². The smallest absolute Gasteiger partial charge is 0.243 e. The Morgan fingerprint density at radius 1 is 1.64 bits per heavy atom. The number of nitrogens with one attached hydrogen (secondary N) is 1. The van der Waals surface area contributed by atoms with E-state index in [0.29, 0.717) is 18.1 Å². The summed E-state index contributed by atoms with van der Waals surface area (Å²) in [5.74, 6) is 0.214. The lowest BCUT2D eigenvalue weighted by molar-refractivity contribution is -0.116. The first-order valence-corrected chi connectivity index (χ1v) is 4.01. The maximum atomic E-state index is 10.8. The van der Waals surface area contributed by atoms with Crippen LogP contribution in [-0.4, -0.2) is 23.0 Å². The van der Waals surface area contributed by atoms with Crippen molar-refractivity contribution in [2.75, 3.05) is 7.11 Å². The monoisotopic (exact) mass is 193 g/mol. The molecule has 0 saturated carbocycles. The normalized spacial score (nSPS) is 9.21. The summed E-state index contributed by atoms with van der Waals surface area (Å²) in [6.07, 6.45) is 4.24. The van der Waals surface area contributed by atoms with Crippen LogP contribution < -0.4 is 10.1 Å². The summed E-state index contributed by atoms with van der Waals surface area (Å²) in [7, 11) is 1.52. The predicted molar refractivity (Wildman–Crippen MR) is 50.6 cm³/mol. The van der Waals surface area contributed by atoms with Crippen LogP contribution in [0.4, 0.5) is 0 Å². The van der Waals surface area contributed by atoms with E-state index in [-0.39, 0.29) is 5.91 Å². The highest BCUT2D eigenvalue weighted by atomic mass is 16.5. The van der Waals surface area contributed by atoms with Crippen LogP contribution >= 0.6 is 0 Å². The van der Waals surface area contributed by atoms with E-state index in [1.165, 1.54) is 19.4 Å². The van der Waals surface area contributed by atoms with Crippen LogP contribution in [0, 0.1) is 0 Å². The van der Waals surface area contributed by atoms with Crippen molar-refractivity contribution in [3.05, 3.63) is 30.7 Å². The third kappa shape index (κ3) is 2.85. The summed E-state index contributed by atoms with van der Waals surface area (Å²) in [5, 5.41) is 2.59. The fraction of sp³-hybridized carbons (Fsp3) is 0.222. The minimum atomic E-state index is -0.234. The Morgan fingerprint density at radius 3 is 2.93 bits per heavy atom. The highest BCUT2D eigenvalue weighted by molar-refractivity contribution is 5.86. The fourth-order valence-electron chi connectivity index (χ4n) is 0.789. The number of carbonyl (C=O) groups is 1. The topological polar surface area (TPSA) is 64.1 Å². The Hall–Kier alpha value is -1.91. The van der Waals surface area contributed by atoms with Crippen molar-refractivity contribution in [2.45, 2.75) is 6.54 Å². The first kappa shape index (κ1) is 10.2. The van der Waals surface area contributed by atoms with Gasteiger partial charge in [0.25, 0.3) is 0 Å². The van der Waals surface area contributed by atoms with Gasteiger partial charge >= 0.3 is 0 Å². The highest BCUT2D eigenvalue weighted by Crippen LogP contribution is 2.01. The number of ether oxygens (including phenoxy) is 1. The molecular weight excluding hydrogens is 182 g/mol. The number of nitrogens with zero attached hydrogens (tertiary/aromatic N) is 2. The molecule has 74 valence electrons. The van der Waals surface area contributed by atoms with Crippen molar-refractivity contribution in [1.82, 2.24) is 15.3 Å². The van der Waals surface area contributed by atoms with Crippen LogP contribution in [0.2, 0.25) is 0 Å². The van der Waals surface area contributed by atoms with Crippen molar-refractivity contribution in [3.8, 4) is 5.88 Å². The number of hydrogen-bond acceptors (Lipinski definition) is 4. The van der Waals surface area contributed by atoms with Crippen LogP contribution in [0.3, 0.4) is 0 Å². The Bertz CT molecular complexity index is 321. The maximum absolute atomic E-state index is 10.8. The minimum absolute atomic E-state index is 0.234. The summed E-state index contributed by atoms with van der Waals surface area (Å²) in [4.78, 5) is 18.8. The molecule has 0 aliphatic heterocycles. The lowest BCUT2D eigenvalue weighted by Crippen LogP contribution is -2.20. The molecule has 0 spiro atoms. The molecule has 0 bridgehead atoms. The van der Waals surface area contributed by atoms with Gasteiger partial charge in [-0.05, 0) is 6.08 Å². The molecule has 0 aliphatic carbocycles. The van der Waals surface area contributed by atoms with Crippen LogP contribution in [0.25, 0.3) is 0 Å². The zero-order valence-electron chi connectivity index (χ0n) is 7.86. The molecular formula is C9H11N3O2. The zero-order valence-corrected chi connectivity index (χ0v) is 7.86. The van der Waals surface area contributed by atoms with E-state index in [0.717, 1.165) is 0 Å². The lowest BCUT2D eigenvalue weighted by atomic mass is 10.4. The van der Waals surface area contributed by atoms with Crippen molar-refractivity contribution in [1.29, 1.82) is 0 Å². The molecule has 1 heterocycles. The number of hydrogen-bond donors (Lipinski definition) is 1. The summed E-state index contributed by atoms with van der Waals surface area (Å²) < 4.78 is 4.84. The average molecular weight is 193 g/mol. The van der Waals surface area contributed by atoms with Crippen LogP contribution in [-0.2, 0) is 11.3 Å². The standard InChI is InChI=1S/C9H11N3O2/c1-3-8(13)11-4-7-5-12-9(14-2)6-10-7/h3,5-6H,1,4H2,2H3,(H,11,13). The van der Waals surface area contributed by atoms with Gasteiger partial charge in [-0.25, -0.2) is 4.98 Å². The first-order chi connectivity index (χ1) is 6.76. The molecule has 0 atom stereocenters. The molecule has 5 nitrogen and oxygen atoms in total. The first-order valence-electron chi connectivity index (χ1n) is 4.01. The van der Waals surface area contributed by atoms with Crippen LogP contribution in [0.15, 0.2) is 25.0 Å². The summed E-state index contributed by atoms with van der Waals surface area (Å²) in [6, 6.07) is 0. The highest BCUT2D eigenvalue weighted by Gasteiger charge is 1.98. The summed E-state index contributed by atoms with van der Waals surface area (Å²) in [6.45, 7) is 3.67. The zero-order chi connectivity index (χ0) is 10.4. The van der Waals surface area contributed by atoms with Gasteiger partial charge in [0.1, 0.15) is 0 Å². The SMILES string of the molecule is C=CC(=O)NCc1cnc(OC)cn1. The molecule has 0 radical (unpaired) electrons. The van der Waals surface area contributed by atoms with E-state index in [1.54, 1.807) is 6.20 Å². The molecule has 0 fully saturated rings. The molecule has 0 saturated heterocycles. The molecule has 0 unspecified atom stereocenters. The van der Waals surface area contributed by atoms with Crippen molar-refractivity contribution >= 4 is 5.91 Å².